The van der Waals surface area contributed by atoms with Crippen molar-refractivity contribution in [2.45, 2.75) is 77.7 Å². The lowest BCUT2D eigenvalue weighted by molar-refractivity contribution is -0.145. The Morgan fingerprint density at radius 1 is 1.17 bits per heavy atom. The zero-order valence-corrected chi connectivity index (χ0v) is 19.1. The molecular weight excluding hydrogens is 385 g/mol. The first kappa shape index (κ1) is 21.6. The molecule has 3 saturated carbocycles. The molecule has 29 heavy (non-hydrogen) atoms. The predicted octanol–water partition coefficient (Wildman–Crippen LogP) is 5.19. The van der Waals surface area contributed by atoms with E-state index in [0.717, 1.165) is 44.9 Å². The molecule has 1 N–H and O–H groups in total. The number of hydrogen-bond acceptors (Lipinski definition) is 5. The summed E-state index contributed by atoms with van der Waals surface area (Å²) in [7, 11) is -0.202. The molecule has 5 nitrogen and oxygen atoms in total. The van der Waals surface area contributed by atoms with E-state index in [1.165, 1.54) is 18.4 Å². The standard InChI is InChI=1S/C23H37NO4P/c1-22-11-9-17(28-29(26)27-14-13-24-3)15-16(22)7-8-18-19-5-4-6-21(25)23(19,2)12-10-20(18)22/h7,17-20,24H,4-6,8-15H2,1-3H3/q+1/t17?,18?,19?,20?,22-,23-/m0/s1. The molecule has 0 bridgehead atoms. The smallest absolute Gasteiger partial charge is 0.317 e. The van der Waals surface area contributed by atoms with Gasteiger partial charge in [-0.15, -0.1) is 9.05 Å². The van der Waals surface area contributed by atoms with E-state index in [-0.39, 0.29) is 16.9 Å². The summed E-state index contributed by atoms with van der Waals surface area (Å²) in [5, 5.41) is 2.98. The molecule has 0 amide bonds. The van der Waals surface area contributed by atoms with Crippen LogP contribution in [0.15, 0.2) is 11.6 Å². The van der Waals surface area contributed by atoms with Crippen LogP contribution in [0.4, 0.5) is 0 Å². The van der Waals surface area contributed by atoms with Gasteiger partial charge in [-0.2, -0.15) is 0 Å². The van der Waals surface area contributed by atoms with Crippen LogP contribution in [0.1, 0.15) is 71.6 Å². The summed E-state index contributed by atoms with van der Waals surface area (Å²) < 4.78 is 23.1. The summed E-state index contributed by atoms with van der Waals surface area (Å²) in [5.41, 5.74) is 1.63. The number of Topliss-reactive ketones (excluding diaryl/α,β-unsaturated/α-hetero) is 1. The summed E-state index contributed by atoms with van der Waals surface area (Å²) in [6, 6.07) is 0. The van der Waals surface area contributed by atoms with Crippen LogP contribution < -0.4 is 5.32 Å². The Balaban J connectivity index is 1.45. The van der Waals surface area contributed by atoms with Gasteiger partial charge in [0.05, 0.1) is 0 Å². The van der Waals surface area contributed by atoms with Crippen LogP contribution in [-0.4, -0.2) is 32.1 Å². The van der Waals surface area contributed by atoms with Crippen LogP contribution in [0, 0.1) is 28.6 Å². The Morgan fingerprint density at radius 2 is 1.93 bits per heavy atom. The minimum Gasteiger partial charge on any atom is -0.317 e. The van der Waals surface area contributed by atoms with Gasteiger partial charge in [-0.3, -0.25) is 4.79 Å². The molecule has 6 heteroatoms. The molecule has 4 aliphatic rings. The molecule has 0 aliphatic heterocycles. The molecular formula is C23H37NO4P+. The number of allylic oxidation sites excluding steroid dienone is 1. The van der Waals surface area contributed by atoms with Gasteiger partial charge in [0.25, 0.3) is 0 Å². The van der Waals surface area contributed by atoms with Crippen LogP contribution in [0.5, 0.6) is 0 Å². The lowest BCUT2D eigenvalue weighted by Crippen LogP contribution is -2.54. The Morgan fingerprint density at radius 3 is 2.72 bits per heavy atom. The minimum absolute atomic E-state index is 0.00538. The highest BCUT2D eigenvalue weighted by Crippen LogP contribution is 2.63. The second-order valence-corrected chi connectivity index (χ2v) is 11.1. The first-order chi connectivity index (χ1) is 13.9. The number of carbonyl (C=O) groups is 1. The van der Waals surface area contributed by atoms with Gasteiger partial charge in [-0.1, -0.05) is 25.5 Å². The molecule has 0 saturated heterocycles. The lowest BCUT2D eigenvalue weighted by atomic mass is 9.45. The number of hydrogen-bond donors (Lipinski definition) is 1. The summed E-state index contributed by atoms with van der Waals surface area (Å²) in [6.45, 7) is 5.78. The van der Waals surface area contributed by atoms with Gasteiger partial charge in [-0.05, 0) is 75.2 Å². The van der Waals surface area contributed by atoms with Gasteiger partial charge in [0, 0.05) is 29.4 Å². The summed E-state index contributed by atoms with van der Waals surface area (Å²) >= 11 is 0. The Labute approximate surface area is 176 Å². The molecule has 7 atom stereocenters. The fraction of sp³-hybridized carbons (Fsp3) is 0.870. The van der Waals surface area contributed by atoms with Crippen molar-refractivity contribution in [2.24, 2.45) is 28.6 Å². The number of ketones is 1. The van der Waals surface area contributed by atoms with Crippen LogP contribution in [0.3, 0.4) is 0 Å². The average molecular weight is 423 g/mol. The van der Waals surface area contributed by atoms with E-state index in [2.05, 4.69) is 25.2 Å². The monoisotopic (exact) mass is 422 g/mol. The van der Waals surface area contributed by atoms with Crippen molar-refractivity contribution >= 4 is 14.0 Å². The fourth-order valence-electron chi connectivity index (χ4n) is 7.06. The molecule has 4 aliphatic carbocycles. The van der Waals surface area contributed by atoms with Gasteiger partial charge in [0.1, 0.15) is 18.5 Å². The summed E-state index contributed by atoms with van der Waals surface area (Å²) in [6.07, 6.45) is 11.8. The SMILES string of the molecule is CNCCO[P+](=O)OC1CC[C@@]2(C)C(=CCC3C2CC[C@]2(C)C(=O)CCCC32)C1. The number of carbonyl (C=O) groups excluding carboxylic acids is 1. The number of rotatable bonds is 6. The molecule has 0 radical (unpaired) electrons. The van der Waals surface area contributed by atoms with E-state index < -0.39 is 8.25 Å². The molecule has 4 rings (SSSR count). The molecule has 0 aromatic rings. The van der Waals surface area contributed by atoms with E-state index in [9.17, 15) is 9.36 Å². The van der Waals surface area contributed by atoms with Gasteiger partial charge < -0.3 is 5.32 Å². The van der Waals surface area contributed by atoms with Crippen molar-refractivity contribution < 1.29 is 18.4 Å². The molecule has 5 unspecified atom stereocenters. The number of fused-ring (bicyclic) bond motifs is 5. The highest BCUT2D eigenvalue weighted by atomic mass is 31.1. The average Bonchev–Trinajstić information content (AvgIpc) is 2.69. The fourth-order valence-corrected chi connectivity index (χ4v) is 7.78. The Bertz CT molecular complexity index is 694. The highest BCUT2D eigenvalue weighted by Gasteiger charge is 2.57. The highest BCUT2D eigenvalue weighted by molar-refractivity contribution is 7.33. The molecule has 0 aromatic heterocycles. The van der Waals surface area contributed by atoms with Gasteiger partial charge in [-0.25, -0.2) is 0 Å². The first-order valence-electron chi connectivity index (χ1n) is 11.5. The first-order valence-corrected chi connectivity index (χ1v) is 12.6. The zero-order chi connectivity index (χ0) is 20.6. The third-order valence-electron chi connectivity index (χ3n) is 8.79. The normalized spacial score (nSPS) is 42.4. The maximum absolute atomic E-state index is 12.8. The molecule has 0 aromatic carbocycles. The van der Waals surface area contributed by atoms with Crippen LogP contribution >= 0.6 is 8.25 Å². The van der Waals surface area contributed by atoms with Crippen LogP contribution in [0.2, 0.25) is 0 Å². The van der Waals surface area contributed by atoms with E-state index in [1.807, 2.05) is 7.05 Å². The lowest BCUT2D eigenvalue weighted by Gasteiger charge is -2.59. The van der Waals surface area contributed by atoms with Crippen molar-refractivity contribution in [3.8, 4) is 0 Å². The Kier molecular flexibility index (Phi) is 6.33. The van der Waals surface area contributed by atoms with Crippen LogP contribution in [0.25, 0.3) is 0 Å². The zero-order valence-electron chi connectivity index (χ0n) is 18.2. The molecule has 3 fully saturated rings. The van der Waals surface area contributed by atoms with Gasteiger partial charge >= 0.3 is 8.25 Å². The third-order valence-corrected chi connectivity index (χ3v) is 9.65. The number of likely N-dealkylation sites (N-methyl/N-ethyl adjacent to an activating group) is 1. The molecule has 0 heterocycles. The largest absolute Gasteiger partial charge is 0.697 e. The van der Waals surface area contributed by atoms with Crippen molar-refractivity contribution in [1.29, 1.82) is 0 Å². The maximum atomic E-state index is 12.8. The minimum atomic E-state index is -2.05. The molecule has 162 valence electrons. The van der Waals surface area contributed by atoms with Crippen molar-refractivity contribution in [1.82, 2.24) is 5.32 Å². The topological polar surface area (TPSA) is 64.6 Å². The Hall–Kier alpha value is -0.610. The second-order valence-electron chi connectivity index (χ2n) is 10.2. The van der Waals surface area contributed by atoms with E-state index in [1.54, 1.807) is 0 Å². The number of nitrogens with one attached hydrogen (secondary N) is 1. The van der Waals surface area contributed by atoms with Crippen molar-refractivity contribution in [3.05, 3.63) is 11.6 Å². The van der Waals surface area contributed by atoms with Crippen molar-refractivity contribution in [3.63, 3.8) is 0 Å². The second kappa shape index (κ2) is 8.49. The predicted molar refractivity (Wildman–Crippen MR) is 114 cm³/mol. The van der Waals surface area contributed by atoms with Crippen LogP contribution in [-0.2, 0) is 18.4 Å². The van der Waals surface area contributed by atoms with Gasteiger partial charge in [0.15, 0.2) is 0 Å². The van der Waals surface area contributed by atoms with E-state index in [4.69, 9.17) is 9.05 Å². The summed E-state index contributed by atoms with van der Waals surface area (Å²) in [4.78, 5) is 12.8. The van der Waals surface area contributed by atoms with E-state index >= 15 is 0 Å². The maximum Gasteiger partial charge on any atom is 0.697 e. The van der Waals surface area contributed by atoms with Gasteiger partial charge in [0.2, 0.25) is 0 Å². The van der Waals surface area contributed by atoms with E-state index in [0.29, 0.717) is 36.7 Å². The van der Waals surface area contributed by atoms with Crippen molar-refractivity contribution in [2.75, 3.05) is 20.2 Å². The summed E-state index contributed by atoms with van der Waals surface area (Å²) in [5.74, 6) is 2.39. The third kappa shape index (κ3) is 3.89. The quantitative estimate of drug-likeness (QED) is 0.363. The molecule has 0 spiro atoms.